The van der Waals surface area contributed by atoms with E-state index in [4.69, 9.17) is 4.74 Å². The van der Waals surface area contributed by atoms with Gasteiger partial charge in [-0.3, -0.25) is 9.59 Å². The Balaban J connectivity index is 1.47. The molecule has 2 aliphatic rings. The van der Waals surface area contributed by atoms with Gasteiger partial charge in [0.2, 0.25) is 0 Å². The van der Waals surface area contributed by atoms with E-state index >= 15 is 0 Å². The van der Waals surface area contributed by atoms with Gasteiger partial charge in [-0.2, -0.15) is 0 Å². The van der Waals surface area contributed by atoms with Crippen LogP contribution in [0.3, 0.4) is 0 Å². The monoisotopic (exact) mass is 336 g/mol. The molecule has 0 saturated carbocycles. The first-order valence-corrected chi connectivity index (χ1v) is 8.56. The molecule has 2 aromatic rings. The minimum Gasteiger partial charge on any atom is -0.490 e. The Bertz CT molecular complexity index is 796. The number of nitrogens with zero attached hydrogens (tertiary/aromatic N) is 1. The summed E-state index contributed by atoms with van der Waals surface area (Å²) in [6.07, 6.45) is 1.37. The zero-order valence-electron chi connectivity index (χ0n) is 13.9. The fourth-order valence-electron chi connectivity index (χ4n) is 3.51. The number of amides is 2. The van der Waals surface area contributed by atoms with E-state index in [1.807, 2.05) is 53.4 Å². The van der Waals surface area contributed by atoms with E-state index in [0.717, 1.165) is 0 Å². The topological polar surface area (TPSA) is 58.6 Å². The van der Waals surface area contributed by atoms with Gasteiger partial charge in [0.15, 0.2) is 0 Å². The number of ether oxygens (including phenoxy) is 1. The number of carbonyl (C=O) groups excluding carboxylic acids is 2. The molecule has 0 aromatic heterocycles. The van der Waals surface area contributed by atoms with Gasteiger partial charge in [0.25, 0.3) is 11.8 Å². The van der Waals surface area contributed by atoms with Gasteiger partial charge >= 0.3 is 0 Å². The molecule has 0 aliphatic carbocycles. The van der Waals surface area contributed by atoms with Crippen LogP contribution in [0.25, 0.3) is 0 Å². The molecule has 4 rings (SSSR count). The van der Waals surface area contributed by atoms with E-state index < -0.39 is 5.54 Å². The molecule has 0 radical (unpaired) electrons. The molecule has 2 amide bonds. The fraction of sp³-hybridized carbons (Fsp3) is 0.300. The van der Waals surface area contributed by atoms with Gasteiger partial charge in [0.1, 0.15) is 12.4 Å². The highest BCUT2D eigenvalue weighted by molar-refractivity contribution is 5.98. The number of likely N-dealkylation sites (tertiary alicyclic amines) is 1. The van der Waals surface area contributed by atoms with Crippen molar-refractivity contribution in [3.05, 3.63) is 65.7 Å². The largest absolute Gasteiger partial charge is 0.490 e. The Hall–Kier alpha value is -2.82. The summed E-state index contributed by atoms with van der Waals surface area (Å²) in [7, 11) is 0. The third-order valence-corrected chi connectivity index (χ3v) is 5.04. The number of hydrogen-bond donors (Lipinski definition) is 1. The Morgan fingerprint density at radius 1 is 1.00 bits per heavy atom. The van der Waals surface area contributed by atoms with Crippen molar-refractivity contribution in [1.29, 1.82) is 0 Å². The van der Waals surface area contributed by atoms with Gasteiger partial charge in [-0.1, -0.05) is 30.3 Å². The van der Waals surface area contributed by atoms with Crippen LogP contribution in [0.15, 0.2) is 54.6 Å². The van der Waals surface area contributed by atoms with E-state index in [0.29, 0.717) is 49.4 Å². The van der Waals surface area contributed by atoms with E-state index in [9.17, 15) is 9.59 Å². The first-order valence-electron chi connectivity index (χ1n) is 8.56. The van der Waals surface area contributed by atoms with Crippen molar-refractivity contribution in [3.8, 4) is 5.75 Å². The number of carbonyl (C=O) groups is 2. The van der Waals surface area contributed by atoms with Crippen molar-refractivity contribution in [2.45, 2.75) is 18.4 Å². The number of fused-ring (bicyclic) bond motifs is 1. The molecule has 0 bridgehead atoms. The second-order valence-electron chi connectivity index (χ2n) is 6.68. The predicted octanol–water partition coefficient (Wildman–Crippen LogP) is 2.48. The van der Waals surface area contributed by atoms with Crippen LogP contribution in [0.1, 0.15) is 33.6 Å². The highest BCUT2D eigenvalue weighted by Gasteiger charge is 2.40. The van der Waals surface area contributed by atoms with E-state index in [2.05, 4.69) is 5.32 Å². The summed E-state index contributed by atoms with van der Waals surface area (Å²) in [5.74, 6) is 0.565. The molecule has 5 heteroatoms. The zero-order chi connectivity index (χ0) is 17.3. The molecular weight excluding hydrogens is 316 g/mol. The van der Waals surface area contributed by atoms with Crippen molar-refractivity contribution in [2.24, 2.45) is 0 Å². The Morgan fingerprint density at radius 3 is 2.44 bits per heavy atom. The summed E-state index contributed by atoms with van der Waals surface area (Å²) in [5, 5.41) is 3.15. The smallest absolute Gasteiger partial charge is 0.255 e. The lowest BCUT2D eigenvalue weighted by molar-refractivity contribution is 0.0555. The lowest BCUT2D eigenvalue weighted by atomic mass is 9.87. The number of para-hydroxylation sites is 1. The van der Waals surface area contributed by atoms with Gasteiger partial charge in [-0.05, 0) is 37.1 Å². The average Bonchev–Trinajstić information content (AvgIpc) is 2.80. The molecule has 1 spiro atoms. The van der Waals surface area contributed by atoms with Crippen molar-refractivity contribution < 1.29 is 14.3 Å². The van der Waals surface area contributed by atoms with E-state index in [-0.39, 0.29) is 11.8 Å². The molecule has 0 unspecified atom stereocenters. The third kappa shape index (κ3) is 2.97. The maximum atomic E-state index is 12.6. The Labute approximate surface area is 146 Å². The molecule has 2 aliphatic heterocycles. The van der Waals surface area contributed by atoms with Crippen LogP contribution in [0.4, 0.5) is 0 Å². The first-order chi connectivity index (χ1) is 12.2. The molecule has 25 heavy (non-hydrogen) atoms. The van der Waals surface area contributed by atoms with Crippen molar-refractivity contribution in [2.75, 3.05) is 19.7 Å². The summed E-state index contributed by atoms with van der Waals surface area (Å²) in [6, 6.07) is 16.6. The summed E-state index contributed by atoms with van der Waals surface area (Å²) < 4.78 is 5.91. The zero-order valence-corrected chi connectivity index (χ0v) is 13.9. The number of piperidine rings is 1. The standard InChI is InChI=1S/C20H20N2O3/c23-18-16-8-4-5-9-17(16)25-14-20(21-18)10-12-22(13-11-20)19(24)15-6-2-1-3-7-15/h1-9H,10-14H2,(H,21,23). The van der Waals surface area contributed by atoms with Crippen LogP contribution in [-0.4, -0.2) is 41.9 Å². The highest BCUT2D eigenvalue weighted by Crippen LogP contribution is 2.30. The third-order valence-electron chi connectivity index (χ3n) is 5.04. The van der Waals surface area contributed by atoms with E-state index in [1.165, 1.54) is 0 Å². The molecule has 2 aromatic carbocycles. The predicted molar refractivity (Wildman–Crippen MR) is 93.7 cm³/mol. The number of hydrogen-bond acceptors (Lipinski definition) is 3. The Morgan fingerprint density at radius 2 is 1.68 bits per heavy atom. The lowest BCUT2D eigenvalue weighted by Gasteiger charge is -2.41. The van der Waals surface area contributed by atoms with Crippen molar-refractivity contribution in [1.82, 2.24) is 10.2 Å². The second kappa shape index (κ2) is 6.24. The SMILES string of the molecule is O=C1NC2(CCN(C(=O)c3ccccc3)CC2)COc2ccccc21. The van der Waals surface area contributed by atoms with Gasteiger partial charge < -0.3 is 15.0 Å². The first kappa shape index (κ1) is 15.7. The summed E-state index contributed by atoms with van der Waals surface area (Å²) in [5.41, 5.74) is 0.859. The van der Waals surface area contributed by atoms with Crippen LogP contribution in [0.5, 0.6) is 5.75 Å². The van der Waals surface area contributed by atoms with Gasteiger partial charge in [-0.15, -0.1) is 0 Å². The number of benzene rings is 2. The van der Waals surface area contributed by atoms with Crippen LogP contribution >= 0.6 is 0 Å². The van der Waals surface area contributed by atoms with Gasteiger partial charge in [0, 0.05) is 18.7 Å². The van der Waals surface area contributed by atoms with Crippen LogP contribution in [-0.2, 0) is 0 Å². The van der Waals surface area contributed by atoms with Crippen LogP contribution in [0.2, 0.25) is 0 Å². The Kier molecular flexibility index (Phi) is 3.92. The molecule has 1 fully saturated rings. The number of rotatable bonds is 1. The minimum absolute atomic E-state index is 0.0413. The van der Waals surface area contributed by atoms with Gasteiger partial charge in [0.05, 0.1) is 11.1 Å². The summed E-state index contributed by atoms with van der Waals surface area (Å²) >= 11 is 0. The second-order valence-corrected chi connectivity index (χ2v) is 6.68. The van der Waals surface area contributed by atoms with Crippen LogP contribution < -0.4 is 10.1 Å². The minimum atomic E-state index is -0.413. The van der Waals surface area contributed by atoms with Crippen molar-refractivity contribution >= 4 is 11.8 Å². The van der Waals surface area contributed by atoms with Gasteiger partial charge in [-0.25, -0.2) is 0 Å². The van der Waals surface area contributed by atoms with Crippen molar-refractivity contribution in [3.63, 3.8) is 0 Å². The maximum Gasteiger partial charge on any atom is 0.255 e. The fourth-order valence-corrected chi connectivity index (χ4v) is 3.51. The van der Waals surface area contributed by atoms with E-state index in [1.54, 1.807) is 6.07 Å². The lowest BCUT2D eigenvalue weighted by Crippen LogP contribution is -2.58. The molecule has 1 saturated heterocycles. The quantitative estimate of drug-likeness (QED) is 0.870. The molecule has 1 N–H and O–H groups in total. The molecule has 128 valence electrons. The maximum absolute atomic E-state index is 12.6. The molecule has 2 heterocycles. The van der Waals surface area contributed by atoms with Crippen LogP contribution in [0, 0.1) is 0 Å². The normalized spacial score (nSPS) is 18.7. The average molecular weight is 336 g/mol. The molecule has 0 atom stereocenters. The molecule has 5 nitrogen and oxygen atoms in total. The summed E-state index contributed by atoms with van der Waals surface area (Å²) in [6.45, 7) is 1.64. The summed E-state index contributed by atoms with van der Waals surface area (Å²) in [4.78, 5) is 27.0. The molecular formula is C20H20N2O3. The number of nitrogens with one attached hydrogen (secondary N) is 1. The highest BCUT2D eigenvalue weighted by atomic mass is 16.5.